The first-order valence-electron chi connectivity index (χ1n) is 6.50. The van der Waals surface area contributed by atoms with Gasteiger partial charge in [-0.25, -0.2) is 9.59 Å². The highest BCUT2D eigenvalue weighted by Crippen LogP contribution is 2.10. The van der Waals surface area contributed by atoms with Crippen molar-refractivity contribution in [1.82, 2.24) is 10.6 Å². The molecule has 0 aliphatic heterocycles. The molecule has 0 saturated carbocycles. The maximum Gasteiger partial charge on any atom is 0.371 e. The summed E-state index contributed by atoms with van der Waals surface area (Å²) in [5.41, 5.74) is 5.05. The number of carboxylic acid groups (broad SMARTS) is 1. The van der Waals surface area contributed by atoms with Crippen LogP contribution >= 0.6 is 0 Å². The first kappa shape index (κ1) is 16.5. The third-order valence-electron chi connectivity index (χ3n) is 3.10. The van der Waals surface area contributed by atoms with Crippen LogP contribution in [0.2, 0.25) is 0 Å². The van der Waals surface area contributed by atoms with Gasteiger partial charge in [-0.05, 0) is 18.1 Å². The quantitative estimate of drug-likeness (QED) is 0.587. The molecule has 0 aliphatic carbocycles. The summed E-state index contributed by atoms with van der Waals surface area (Å²) in [6, 6.07) is 1.24. The van der Waals surface area contributed by atoms with Crippen molar-refractivity contribution in [1.29, 1.82) is 0 Å². The molecule has 0 aromatic carbocycles. The van der Waals surface area contributed by atoms with Gasteiger partial charge in [-0.2, -0.15) is 0 Å². The van der Waals surface area contributed by atoms with Crippen molar-refractivity contribution >= 4 is 17.9 Å². The van der Waals surface area contributed by atoms with Crippen LogP contribution in [-0.4, -0.2) is 29.1 Å². The lowest BCUT2D eigenvalue weighted by molar-refractivity contribution is -0.124. The summed E-state index contributed by atoms with van der Waals surface area (Å²) in [5, 5.41) is 13.7. The van der Waals surface area contributed by atoms with E-state index in [9.17, 15) is 14.4 Å². The predicted octanol–water partition coefficient (Wildman–Crippen LogP) is 0.677. The number of rotatable bonds is 7. The average molecular weight is 297 g/mol. The fourth-order valence-electron chi connectivity index (χ4n) is 1.73. The predicted molar refractivity (Wildman–Crippen MR) is 73.5 cm³/mol. The highest BCUT2D eigenvalue weighted by molar-refractivity contribution is 5.87. The number of hydrogen-bond acceptors (Lipinski definition) is 4. The fraction of sp³-hybridized carbons (Fsp3) is 0.462. The molecule has 1 heterocycles. The Hall–Kier alpha value is -2.51. The topological polar surface area (TPSA) is 135 Å². The van der Waals surface area contributed by atoms with Crippen molar-refractivity contribution < 1.29 is 23.9 Å². The molecule has 1 aromatic heterocycles. The molecular formula is C13H19N3O5. The molecule has 0 radical (unpaired) electrons. The SMILES string of the molecule is CCC(C)C(NC(N)=O)C(=O)NCc1ccc(C(=O)O)o1. The number of nitrogens with two attached hydrogens (primary N) is 1. The summed E-state index contributed by atoms with van der Waals surface area (Å²) in [6.45, 7) is 3.73. The first-order valence-corrected chi connectivity index (χ1v) is 6.50. The molecule has 21 heavy (non-hydrogen) atoms. The number of carboxylic acids is 1. The zero-order valence-corrected chi connectivity index (χ0v) is 11.9. The molecule has 0 saturated heterocycles. The lowest BCUT2D eigenvalue weighted by Gasteiger charge is -2.22. The Morgan fingerprint density at radius 2 is 2.05 bits per heavy atom. The lowest BCUT2D eigenvalue weighted by Crippen LogP contribution is -2.51. The Morgan fingerprint density at radius 1 is 1.38 bits per heavy atom. The third kappa shape index (κ3) is 4.83. The molecular weight excluding hydrogens is 278 g/mol. The van der Waals surface area contributed by atoms with Gasteiger partial charge in [0.05, 0.1) is 6.54 Å². The molecule has 1 aromatic rings. The van der Waals surface area contributed by atoms with Crippen molar-refractivity contribution in [3.8, 4) is 0 Å². The summed E-state index contributed by atoms with van der Waals surface area (Å²) in [6.07, 6.45) is 0.683. The number of amides is 3. The Balaban J connectivity index is 2.63. The number of carbonyl (C=O) groups excluding carboxylic acids is 2. The number of nitrogens with one attached hydrogen (secondary N) is 2. The van der Waals surface area contributed by atoms with E-state index in [0.717, 1.165) is 0 Å². The van der Waals surface area contributed by atoms with E-state index >= 15 is 0 Å². The van der Waals surface area contributed by atoms with Crippen LogP contribution in [0.3, 0.4) is 0 Å². The Kier molecular flexibility index (Phi) is 5.77. The lowest BCUT2D eigenvalue weighted by atomic mass is 9.98. The smallest absolute Gasteiger partial charge is 0.371 e. The molecule has 8 nitrogen and oxygen atoms in total. The van der Waals surface area contributed by atoms with Gasteiger partial charge in [0, 0.05) is 0 Å². The van der Waals surface area contributed by atoms with E-state index in [1.807, 2.05) is 13.8 Å². The Bertz CT molecular complexity index is 526. The Morgan fingerprint density at radius 3 is 2.52 bits per heavy atom. The summed E-state index contributed by atoms with van der Waals surface area (Å²) in [7, 11) is 0. The van der Waals surface area contributed by atoms with E-state index < -0.39 is 23.9 Å². The minimum atomic E-state index is -1.18. The second-order valence-corrected chi connectivity index (χ2v) is 4.66. The summed E-state index contributed by atoms with van der Waals surface area (Å²) < 4.78 is 5.02. The van der Waals surface area contributed by atoms with Crippen molar-refractivity contribution in [3.05, 3.63) is 23.7 Å². The minimum Gasteiger partial charge on any atom is -0.475 e. The van der Waals surface area contributed by atoms with E-state index in [1.54, 1.807) is 0 Å². The second kappa shape index (κ2) is 7.32. The third-order valence-corrected chi connectivity index (χ3v) is 3.10. The summed E-state index contributed by atoms with van der Waals surface area (Å²) in [4.78, 5) is 33.7. The number of hydrogen-bond donors (Lipinski definition) is 4. The molecule has 0 aliphatic rings. The van der Waals surface area contributed by atoms with Crippen LogP contribution in [0.5, 0.6) is 0 Å². The molecule has 0 spiro atoms. The van der Waals surface area contributed by atoms with Crippen LogP contribution < -0.4 is 16.4 Å². The van der Waals surface area contributed by atoms with Crippen LogP contribution in [0.1, 0.15) is 36.6 Å². The molecule has 2 atom stereocenters. The van der Waals surface area contributed by atoms with Crippen LogP contribution in [0, 0.1) is 5.92 Å². The van der Waals surface area contributed by atoms with Crippen molar-refractivity contribution in [2.45, 2.75) is 32.9 Å². The molecule has 0 bridgehead atoms. The van der Waals surface area contributed by atoms with E-state index in [0.29, 0.717) is 12.2 Å². The van der Waals surface area contributed by atoms with Crippen LogP contribution in [0.4, 0.5) is 4.79 Å². The zero-order valence-electron chi connectivity index (χ0n) is 11.9. The molecule has 3 amide bonds. The van der Waals surface area contributed by atoms with Gasteiger partial charge in [-0.3, -0.25) is 4.79 Å². The normalized spacial score (nSPS) is 13.2. The summed E-state index contributed by atoms with van der Waals surface area (Å²) >= 11 is 0. The van der Waals surface area contributed by atoms with E-state index in [2.05, 4.69) is 10.6 Å². The highest BCUT2D eigenvalue weighted by Gasteiger charge is 2.25. The van der Waals surface area contributed by atoms with Gasteiger partial charge in [0.15, 0.2) is 0 Å². The molecule has 2 unspecified atom stereocenters. The molecule has 1 rings (SSSR count). The van der Waals surface area contributed by atoms with Crippen molar-refractivity contribution in [2.75, 3.05) is 0 Å². The van der Waals surface area contributed by atoms with E-state index in [-0.39, 0.29) is 18.2 Å². The number of carbonyl (C=O) groups is 3. The number of aromatic carboxylic acids is 1. The van der Waals surface area contributed by atoms with Crippen LogP contribution in [0.15, 0.2) is 16.5 Å². The fourth-order valence-corrected chi connectivity index (χ4v) is 1.73. The number of urea groups is 1. The average Bonchev–Trinajstić information content (AvgIpc) is 2.90. The second-order valence-electron chi connectivity index (χ2n) is 4.66. The van der Waals surface area contributed by atoms with Crippen molar-refractivity contribution in [3.63, 3.8) is 0 Å². The van der Waals surface area contributed by atoms with Gasteiger partial charge >= 0.3 is 12.0 Å². The van der Waals surface area contributed by atoms with Gasteiger partial charge in [0.1, 0.15) is 11.8 Å². The first-order chi connectivity index (χ1) is 9.85. The van der Waals surface area contributed by atoms with Crippen LogP contribution in [-0.2, 0) is 11.3 Å². The monoisotopic (exact) mass is 297 g/mol. The number of primary amides is 1. The van der Waals surface area contributed by atoms with Gasteiger partial charge in [0.25, 0.3) is 0 Å². The van der Waals surface area contributed by atoms with E-state index in [1.165, 1.54) is 12.1 Å². The van der Waals surface area contributed by atoms with Crippen LogP contribution in [0.25, 0.3) is 0 Å². The van der Waals surface area contributed by atoms with Gasteiger partial charge < -0.3 is 25.9 Å². The van der Waals surface area contributed by atoms with Gasteiger partial charge in [0.2, 0.25) is 11.7 Å². The van der Waals surface area contributed by atoms with Gasteiger partial charge in [-0.15, -0.1) is 0 Å². The summed E-state index contributed by atoms with van der Waals surface area (Å²) in [5.74, 6) is -1.57. The maximum absolute atomic E-state index is 12.1. The standard InChI is InChI=1S/C13H19N3O5/c1-3-7(2)10(16-13(14)20)11(17)15-6-8-4-5-9(21-8)12(18)19/h4-5,7,10H,3,6H2,1-2H3,(H,15,17)(H,18,19)(H3,14,16,20). The molecule has 0 fully saturated rings. The number of furan rings is 1. The Labute approximate surface area is 121 Å². The zero-order chi connectivity index (χ0) is 16.0. The van der Waals surface area contributed by atoms with Gasteiger partial charge in [-0.1, -0.05) is 20.3 Å². The minimum absolute atomic E-state index is 0.0273. The molecule has 116 valence electrons. The van der Waals surface area contributed by atoms with Crippen molar-refractivity contribution in [2.24, 2.45) is 11.7 Å². The highest BCUT2D eigenvalue weighted by atomic mass is 16.4. The molecule has 8 heteroatoms. The maximum atomic E-state index is 12.1. The largest absolute Gasteiger partial charge is 0.475 e. The van der Waals surface area contributed by atoms with E-state index in [4.69, 9.17) is 15.3 Å². The molecule has 5 N–H and O–H groups in total.